The van der Waals surface area contributed by atoms with Gasteiger partial charge in [0.1, 0.15) is 5.75 Å². The highest BCUT2D eigenvalue weighted by atomic mass is 35.5. The second kappa shape index (κ2) is 5.90. The fourth-order valence-electron chi connectivity index (χ4n) is 1.28. The van der Waals surface area contributed by atoms with E-state index >= 15 is 0 Å². The molecule has 0 saturated heterocycles. The van der Waals surface area contributed by atoms with Gasteiger partial charge in [-0.1, -0.05) is 23.2 Å². The highest BCUT2D eigenvalue weighted by molar-refractivity contribution is 6.34. The highest BCUT2D eigenvalue weighted by Gasteiger charge is 2.08. The van der Waals surface area contributed by atoms with Crippen molar-refractivity contribution >= 4 is 29.2 Å². The molecule has 2 aromatic rings. The van der Waals surface area contributed by atoms with Gasteiger partial charge in [-0.25, -0.2) is 0 Å². The Labute approximate surface area is 119 Å². The SMILES string of the molecule is CCOc1nc(N)nc(Oc2cc(Cl)cc(Cl)c2)n1. The molecule has 1 aromatic heterocycles. The van der Waals surface area contributed by atoms with E-state index in [4.69, 9.17) is 38.4 Å². The molecule has 0 bridgehead atoms. The van der Waals surface area contributed by atoms with Gasteiger partial charge in [0, 0.05) is 10.0 Å². The fraction of sp³-hybridized carbons (Fsp3) is 0.182. The summed E-state index contributed by atoms with van der Waals surface area (Å²) in [7, 11) is 0. The number of hydrogen-bond acceptors (Lipinski definition) is 6. The molecule has 0 aliphatic rings. The second-order valence-electron chi connectivity index (χ2n) is 3.40. The molecule has 100 valence electrons. The van der Waals surface area contributed by atoms with Crippen LogP contribution in [-0.2, 0) is 0 Å². The van der Waals surface area contributed by atoms with Gasteiger partial charge in [0.2, 0.25) is 5.95 Å². The van der Waals surface area contributed by atoms with Crippen molar-refractivity contribution < 1.29 is 9.47 Å². The smallest absolute Gasteiger partial charge is 0.330 e. The lowest BCUT2D eigenvalue weighted by Crippen LogP contribution is -2.04. The van der Waals surface area contributed by atoms with E-state index in [1.807, 2.05) is 0 Å². The number of nitrogens with zero attached hydrogens (tertiary/aromatic N) is 3. The molecule has 8 heteroatoms. The summed E-state index contributed by atoms with van der Waals surface area (Å²) < 4.78 is 10.6. The van der Waals surface area contributed by atoms with Crippen molar-refractivity contribution in [3.63, 3.8) is 0 Å². The van der Waals surface area contributed by atoms with Gasteiger partial charge in [0.25, 0.3) is 0 Å². The van der Waals surface area contributed by atoms with Crippen molar-refractivity contribution in [2.24, 2.45) is 0 Å². The molecule has 2 rings (SSSR count). The predicted molar refractivity (Wildman–Crippen MR) is 71.9 cm³/mol. The minimum absolute atomic E-state index is 0.00146. The van der Waals surface area contributed by atoms with Crippen molar-refractivity contribution in [2.75, 3.05) is 12.3 Å². The van der Waals surface area contributed by atoms with Crippen LogP contribution in [-0.4, -0.2) is 21.6 Å². The molecule has 1 aromatic carbocycles. The van der Waals surface area contributed by atoms with Gasteiger partial charge in [-0.2, -0.15) is 9.97 Å². The number of nitrogen functional groups attached to an aromatic ring is 1. The summed E-state index contributed by atoms with van der Waals surface area (Å²) in [6, 6.07) is 4.85. The standard InChI is InChI=1S/C11H10Cl2N4O2/c1-2-18-10-15-9(14)16-11(17-10)19-8-4-6(12)3-7(13)5-8/h3-5H,2H2,1H3,(H2,14,15,16,17). The van der Waals surface area contributed by atoms with Crippen LogP contribution in [0.15, 0.2) is 18.2 Å². The number of nitrogens with two attached hydrogens (primary N) is 1. The molecule has 0 aliphatic carbocycles. The average Bonchev–Trinajstić information content (AvgIpc) is 2.26. The van der Waals surface area contributed by atoms with Crippen LogP contribution in [0.1, 0.15) is 6.92 Å². The Balaban J connectivity index is 2.27. The van der Waals surface area contributed by atoms with Crippen LogP contribution in [0.3, 0.4) is 0 Å². The maximum Gasteiger partial charge on any atom is 0.330 e. The first-order valence-electron chi connectivity index (χ1n) is 5.35. The van der Waals surface area contributed by atoms with Crippen LogP contribution in [0.25, 0.3) is 0 Å². The quantitative estimate of drug-likeness (QED) is 0.934. The third-order valence-corrected chi connectivity index (χ3v) is 2.37. The van der Waals surface area contributed by atoms with Gasteiger partial charge in [-0.3, -0.25) is 0 Å². The molecular formula is C11H10Cl2N4O2. The largest absolute Gasteiger partial charge is 0.464 e. The second-order valence-corrected chi connectivity index (χ2v) is 4.27. The minimum Gasteiger partial charge on any atom is -0.464 e. The summed E-state index contributed by atoms with van der Waals surface area (Å²) in [6.07, 6.45) is 0. The first kappa shape index (κ1) is 13.6. The van der Waals surface area contributed by atoms with Gasteiger partial charge in [0.05, 0.1) is 6.61 Å². The number of rotatable bonds is 4. The van der Waals surface area contributed by atoms with Crippen molar-refractivity contribution in [3.05, 3.63) is 28.2 Å². The van der Waals surface area contributed by atoms with Gasteiger partial charge in [0.15, 0.2) is 0 Å². The zero-order chi connectivity index (χ0) is 13.8. The van der Waals surface area contributed by atoms with Gasteiger partial charge in [-0.05, 0) is 25.1 Å². The number of benzene rings is 1. The zero-order valence-corrected chi connectivity index (χ0v) is 11.4. The Hall–Kier alpha value is -1.79. The average molecular weight is 301 g/mol. The van der Waals surface area contributed by atoms with Crippen molar-refractivity contribution in [1.29, 1.82) is 0 Å². The summed E-state index contributed by atoms with van der Waals surface area (Å²) in [4.78, 5) is 11.6. The lowest BCUT2D eigenvalue weighted by molar-refractivity contribution is 0.304. The Morgan fingerprint density at radius 1 is 1.05 bits per heavy atom. The lowest BCUT2D eigenvalue weighted by atomic mass is 10.3. The van der Waals surface area contributed by atoms with Crippen LogP contribution in [0.4, 0.5) is 5.95 Å². The van der Waals surface area contributed by atoms with Crippen LogP contribution >= 0.6 is 23.2 Å². The van der Waals surface area contributed by atoms with Crippen molar-refractivity contribution in [1.82, 2.24) is 15.0 Å². The van der Waals surface area contributed by atoms with E-state index in [-0.39, 0.29) is 18.0 Å². The van der Waals surface area contributed by atoms with E-state index in [0.29, 0.717) is 22.4 Å². The molecule has 2 N–H and O–H groups in total. The molecule has 0 atom stereocenters. The summed E-state index contributed by atoms with van der Waals surface area (Å²) in [5.74, 6) is 0.395. The molecule has 6 nitrogen and oxygen atoms in total. The summed E-state index contributed by atoms with van der Waals surface area (Å²) in [5, 5.41) is 0.879. The lowest BCUT2D eigenvalue weighted by Gasteiger charge is -2.07. The molecule has 1 heterocycles. The van der Waals surface area contributed by atoms with E-state index in [0.717, 1.165) is 0 Å². The fourth-order valence-corrected chi connectivity index (χ4v) is 1.79. The third kappa shape index (κ3) is 3.84. The number of ether oxygens (including phenoxy) is 2. The van der Waals surface area contributed by atoms with Crippen LogP contribution in [0.2, 0.25) is 10.0 Å². The highest BCUT2D eigenvalue weighted by Crippen LogP contribution is 2.27. The van der Waals surface area contributed by atoms with Gasteiger partial charge >= 0.3 is 12.0 Å². The molecule has 0 amide bonds. The predicted octanol–water partition coefficient (Wildman–Crippen LogP) is 2.95. The molecule has 0 radical (unpaired) electrons. The Morgan fingerprint density at radius 3 is 2.32 bits per heavy atom. The zero-order valence-electron chi connectivity index (χ0n) is 9.93. The van der Waals surface area contributed by atoms with Crippen molar-refractivity contribution in [2.45, 2.75) is 6.92 Å². The molecular weight excluding hydrogens is 291 g/mol. The maximum absolute atomic E-state index is 5.86. The molecule has 0 aliphatic heterocycles. The number of halogens is 2. The van der Waals surface area contributed by atoms with Crippen LogP contribution in [0, 0.1) is 0 Å². The Morgan fingerprint density at radius 2 is 1.68 bits per heavy atom. The van der Waals surface area contributed by atoms with E-state index in [2.05, 4.69) is 15.0 Å². The molecule has 0 saturated carbocycles. The monoisotopic (exact) mass is 300 g/mol. The Kier molecular flexibility index (Phi) is 4.24. The molecule has 0 spiro atoms. The third-order valence-electron chi connectivity index (χ3n) is 1.93. The van der Waals surface area contributed by atoms with Crippen molar-refractivity contribution in [3.8, 4) is 17.8 Å². The topological polar surface area (TPSA) is 83.2 Å². The van der Waals surface area contributed by atoms with Gasteiger partial charge < -0.3 is 15.2 Å². The van der Waals surface area contributed by atoms with E-state index < -0.39 is 0 Å². The number of anilines is 1. The summed E-state index contributed by atoms with van der Waals surface area (Å²) in [5.41, 5.74) is 5.53. The van der Waals surface area contributed by atoms with E-state index in [1.54, 1.807) is 25.1 Å². The molecule has 19 heavy (non-hydrogen) atoms. The minimum atomic E-state index is 0.00146. The molecule has 0 fully saturated rings. The summed E-state index contributed by atoms with van der Waals surface area (Å²) >= 11 is 11.7. The van der Waals surface area contributed by atoms with Gasteiger partial charge in [-0.15, -0.1) is 4.98 Å². The molecule has 0 unspecified atom stereocenters. The number of hydrogen-bond donors (Lipinski definition) is 1. The maximum atomic E-state index is 5.86. The first-order chi connectivity index (χ1) is 9.06. The first-order valence-corrected chi connectivity index (χ1v) is 6.10. The van der Waals surface area contributed by atoms with E-state index in [1.165, 1.54) is 0 Å². The van der Waals surface area contributed by atoms with Crippen LogP contribution in [0.5, 0.6) is 17.8 Å². The summed E-state index contributed by atoms with van der Waals surface area (Å²) in [6.45, 7) is 2.21. The Bertz CT molecular complexity index is 575. The normalized spacial score (nSPS) is 10.3. The van der Waals surface area contributed by atoms with E-state index in [9.17, 15) is 0 Å². The number of aromatic nitrogens is 3. The van der Waals surface area contributed by atoms with Crippen LogP contribution < -0.4 is 15.2 Å².